The molecule has 4 nitrogen and oxygen atoms in total. The molecule has 0 radical (unpaired) electrons. The maximum absolute atomic E-state index is 12.1. The lowest BCUT2D eigenvalue weighted by Gasteiger charge is -2.02. The molecule has 0 aliphatic carbocycles. The highest BCUT2D eigenvalue weighted by atomic mass is 35.5. The summed E-state index contributed by atoms with van der Waals surface area (Å²) >= 11 is 7.54. The molecule has 6 heteroatoms. The molecule has 0 unspecified atom stereocenters. The van der Waals surface area contributed by atoms with Crippen LogP contribution in [0, 0.1) is 0 Å². The zero-order valence-corrected chi connectivity index (χ0v) is 15.7. The molecular formula is C20H17ClN2O2S. The number of nitrogens with zero attached hydrogens (tertiary/aromatic N) is 1. The maximum atomic E-state index is 12.1. The summed E-state index contributed by atoms with van der Waals surface area (Å²) in [5.74, 6) is 0.572. The number of hydrogen-bond donors (Lipinski definition) is 1. The van der Waals surface area contributed by atoms with Gasteiger partial charge in [-0.2, -0.15) is 0 Å². The van der Waals surface area contributed by atoms with Gasteiger partial charge in [-0.3, -0.25) is 10.1 Å². The topological polar surface area (TPSA) is 51.2 Å². The normalized spacial score (nSPS) is 10.8. The molecule has 0 spiro atoms. The fourth-order valence-corrected chi connectivity index (χ4v) is 3.23. The van der Waals surface area contributed by atoms with E-state index in [9.17, 15) is 4.79 Å². The van der Waals surface area contributed by atoms with E-state index in [1.807, 2.05) is 60.8 Å². The largest absolute Gasteiger partial charge is 0.494 e. The van der Waals surface area contributed by atoms with Gasteiger partial charge in [0.15, 0.2) is 5.13 Å². The highest BCUT2D eigenvalue weighted by molar-refractivity contribution is 7.14. The van der Waals surface area contributed by atoms with Gasteiger partial charge in [-0.1, -0.05) is 41.9 Å². The number of anilines is 1. The van der Waals surface area contributed by atoms with Crippen LogP contribution >= 0.6 is 22.9 Å². The van der Waals surface area contributed by atoms with E-state index in [0.717, 1.165) is 22.6 Å². The number of hydrogen-bond acceptors (Lipinski definition) is 4. The third-order valence-electron chi connectivity index (χ3n) is 3.50. The lowest BCUT2D eigenvalue weighted by Crippen LogP contribution is -2.07. The number of carbonyl (C=O) groups excluding carboxylic acids is 1. The maximum Gasteiger partial charge on any atom is 0.250 e. The van der Waals surface area contributed by atoms with Gasteiger partial charge in [0.05, 0.1) is 12.3 Å². The van der Waals surface area contributed by atoms with Crippen LogP contribution in [0.5, 0.6) is 5.75 Å². The molecule has 0 saturated carbocycles. The van der Waals surface area contributed by atoms with Crippen LogP contribution in [-0.4, -0.2) is 17.5 Å². The second kappa shape index (κ2) is 8.65. The van der Waals surface area contributed by atoms with Gasteiger partial charge in [-0.25, -0.2) is 4.98 Å². The molecule has 2 aromatic carbocycles. The molecule has 1 heterocycles. The van der Waals surface area contributed by atoms with Gasteiger partial charge in [0.25, 0.3) is 0 Å². The van der Waals surface area contributed by atoms with Gasteiger partial charge >= 0.3 is 0 Å². The molecule has 132 valence electrons. The molecule has 1 N–H and O–H groups in total. The van der Waals surface area contributed by atoms with Crippen molar-refractivity contribution in [2.24, 2.45) is 0 Å². The van der Waals surface area contributed by atoms with E-state index in [-0.39, 0.29) is 5.91 Å². The number of thiazole rings is 1. The minimum absolute atomic E-state index is 0.237. The Balaban J connectivity index is 1.62. The van der Waals surface area contributed by atoms with Crippen LogP contribution < -0.4 is 10.1 Å². The summed E-state index contributed by atoms with van der Waals surface area (Å²) in [6, 6.07) is 15.0. The van der Waals surface area contributed by atoms with Crippen molar-refractivity contribution in [2.45, 2.75) is 6.92 Å². The summed E-state index contributed by atoms with van der Waals surface area (Å²) in [6.07, 6.45) is 3.22. The van der Waals surface area contributed by atoms with Crippen molar-refractivity contribution >= 4 is 40.1 Å². The lowest BCUT2D eigenvalue weighted by atomic mass is 10.2. The number of carbonyl (C=O) groups is 1. The molecule has 3 rings (SSSR count). The van der Waals surface area contributed by atoms with E-state index in [2.05, 4.69) is 10.3 Å². The molecule has 0 saturated heterocycles. The molecule has 0 aliphatic heterocycles. The van der Waals surface area contributed by atoms with Gasteiger partial charge in [0.2, 0.25) is 5.91 Å². The SMILES string of the molecule is CCOc1ccc(C=CC(=O)Nc2nc(-c3ccccc3Cl)cs2)cc1. The predicted molar refractivity (Wildman–Crippen MR) is 108 cm³/mol. The third-order valence-corrected chi connectivity index (χ3v) is 4.59. The Labute approximate surface area is 161 Å². The molecule has 26 heavy (non-hydrogen) atoms. The number of benzene rings is 2. The van der Waals surface area contributed by atoms with Crippen molar-refractivity contribution in [3.63, 3.8) is 0 Å². The second-order valence-corrected chi connectivity index (χ2v) is 6.61. The molecule has 1 amide bonds. The molecule has 0 atom stereocenters. The molecule has 0 aliphatic rings. The summed E-state index contributed by atoms with van der Waals surface area (Å²) in [7, 11) is 0. The summed E-state index contributed by atoms with van der Waals surface area (Å²) in [6.45, 7) is 2.56. The van der Waals surface area contributed by atoms with Crippen LogP contribution in [-0.2, 0) is 4.79 Å². The fourth-order valence-electron chi connectivity index (χ4n) is 2.28. The Morgan fingerprint density at radius 2 is 2.00 bits per heavy atom. The average Bonchev–Trinajstić information content (AvgIpc) is 3.10. The van der Waals surface area contributed by atoms with Crippen LogP contribution in [0.2, 0.25) is 5.02 Å². The molecule has 3 aromatic rings. The quantitative estimate of drug-likeness (QED) is 0.570. The van der Waals surface area contributed by atoms with Crippen LogP contribution in [0.3, 0.4) is 0 Å². The Kier molecular flexibility index (Phi) is 6.04. The zero-order chi connectivity index (χ0) is 18.4. The molecular weight excluding hydrogens is 368 g/mol. The number of nitrogens with one attached hydrogen (secondary N) is 1. The van der Waals surface area contributed by atoms with Gasteiger partial charge in [-0.15, -0.1) is 11.3 Å². The van der Waals surface area contributed by atoms with Crippen molar-refractivity contribution < 1.29 is 9.53 Å². The summed E-state index contributed by atoms with van der Waals surface area (Å²) < 4.78 is 5.39. The molecule has 0 fully saturated rings. The summed E-state index contributed by atoms with van der Waals surface area (Å²) in [5, 5.41) is 5.79. The number of aromatic nitrogens is 1. The van der Waals surface area contributed by atoms with Gasteiger partial charge < -0.3 is 4.74 Å². The Morgan fingerprint density at radius 1 is 1.23 bits per heavy atom. The van der Waals surface area contributed by atoms with E-state index in [1.54, 1.807) is 6.08 Å². The first-order valence-electron chi connectivity index (χ1n) is 8.08. The van der Waals surface area contributed by atoms with Crippen LogP contribution in [0.1, 0.15) is 12.5 Å². The van der Waals surface area contributed by atoms with Gasteiger partial charge in [-0.05, 0) is 36.8 Å². The van der Waals surface area contributed by atoms with Gasteiger partial charge in [0.1, 0.15) is 5.75 Å². The number of amides is 1. The number of ether oxygens (including phenoxy) is 1. The smallest absolute Gasteiger partial charge is 0.250 e. The van der Waals surface area contributed by atoms with Crippen molar-refractivity contribution in [3.05, 3.63) is 70.6 Å². The standard InChI is InChI=1S/C20H17ClN2O2S/c1-2-25-15-10-7-14(8-11-15)9-12-19(24)23-20-22-18(13-26-20)16-5-3-4-6-17(16)21/h3-13H,2H2,1H3,(H,22,23,24). The Bertz CT molecular complexity index is 920. The highest BCUT2D eigenvalue weighted by Gasteiger charge is 2.08. The Hall–Kier alpha value is -2.63. The highest BCUT2D eigenvalue weighted by Crippen LogP contribution is 2.30. The zero-order valence-electron chi connectivity index (χ0n) is 14.1. The number of halogens is 1. The van der Waals surface area contributed by atoms with Crippen LogP contribution in [0.15, 0.2) is 60.0 Å². The first kappa shape index (κ1) is 18.2. The van der Waals surface area contributed by atoms with E-state index in [0.29, 0.717) is 16.8 Å². The van der Waals surface area contributed by atoms with Crippen LogP contribution in [0.4, 0.5) is 5.13 Å². The fraction of sp³-hybridized carbons (Fsp3) is 0.100. The number of rotatable bonds is 6. The lowest BCUT2D eigenvalue weighted by molar-refractivity contribution is -0.111. The first-order chi connectivity index (χ1) is 12.7. The van der Waals surface area contributed by atoms with Crippen molar-refractivity contribution in [1.82, 2.24) is 4.98 Å². The van der Waals surface area contributed by atoms with E-state index >= 15 is 0 Å². The second-order valence-electron chi connectivity index (χ2n) is 5.34. The van der Waals surface area contributed by atoms with Crippen LogP contribution in [0.25, 0.3) is 17.3 Å². The van der Waals surface area contributed by atoms with E-state index in [1.165, 1.54) is 17.4 Å². The third kappa shape index (κ3) is 4.71. The van der Waals surface area contributed by atoms with Crippen molar-refractivity contribution in [2.75, 3.05) is 11.9 Å². The first-order valence-corrected chi connectivity index (χ1v) is 9.34. The Morgan fingerprint density at radius 3 is 2.73 bits per heavy atom. The minimum Gasteiger partial charge on any atom is -0.494 e. The molecule has 1 aromatic heterocycles. The summed E-state index contributed by atoms with van der Waals surface area (Å²) in [5.41, 5.74) is 2.50. The van der Waals surface area contributed by atoms with E-state index < -0.39 is 0 Å². The monoisotopic (exact) mass is 384 g/mol. The van der Waals surface area contributed by atoms with Crippen molar-refractivity contribution in [1.29, 1.82) is 0 Å². The predicted octanol–water partition coefficient (Wildman–Crippen LogP) is 5.51. The average molecular weight is 385 g/mol. The van der Waals surface area contributed by atoms with Crippen molar-refractivity contribution in [3.8, 4) is 17.0 Å². The summed E-state index contributed by atoms with van der Waals surface area (Å²) in [4.78, 5) is 16.5. The minimum atomic E-state index is -0.237. The molecule has 0 bridgehead atoms. The van der Waals surface area contributed by atoms with Gasteiger partial charge in [0, 0.05) is 22.0 Å². The van der Waals surface area contributed by atoms with E-state index in [4.69, 9.17) is 16.3 Å².